The van der Waals surface area contributed by atoms with Gasteiger partial charge in [0.05, 0.1) is 15.6 Å². The van der Waals surface area contributed by atoms with Crippen molar-refractivity contribution >= 4 is 74.3 Å². The summed E-state index contributed by atoms with van der Waals surface area (Å²) in [6.45, 7) is 0. The number of fused-ring (bicyclic) bond motifs is 1. The molecule has 11 heteroatoms. The van der Waals surface area contributed by atoms with E-state index in [1.165, 1.54) is 0 Å². The number of hydrogen-bond donors (Lipinski definition) is 3. The van der Waals surface area contributed by atoms with E-state index in [4.69, 9.17) is 34.7 Å². The molecule has 2 heterocycles. The van der Waals surface area contributed by atoms with E-state index in [0.29, 0.717) is 48.6 Å². The fourth-order valence-electron chi connectivity index (χ4n) is 2.69. The number of halogens is 2. The maximum Gasteiger partial charge on any atom is 0.262 e. The van der Waals surface area contributed by atoms with Crippen molar-refractivity contribution in [2.24, 2.45) is 5.73 Å². The Morgan fingerprint density at radius 3 is 2.69 bits per heavy atom. The molecule has 2 amide bonds. The Balaban J connectivity index is 1.99. The Bertz CT molecular complexity index is 1090. The van der Waals surface area contributed by atoms with E-state index in [2.05, 4.69) is 15.3 Å². The Morgan fingerprint density at radius 2 is 2.03 bits per heavy atom. The maximum absolute atomic E-state index is 12.7. The van der Waals surface area contributed by atoms with E-state index < -0.39 is 17.9 Å². The molecule has 0 aliphatic carbocycles. The molecule has 0 radical (unpaired) electrons. The van der Waals surface area contributed by atoms with E-state index in [1.54, 1.807) is 36.0 Å². The van der Waals surface area contributed by atoms with Gasteiger partial charge in [0.15, 0.2) is 0 Å². The molecule has 0 saturated carbocycles. The molecular formula is C18H17Cl2N5O2S2. The lowest BCUT2D eigenvalue weighted by Gasteiger charge is -2.13. The summed E-state index contributed by atoms with van der Waals surface area (Å²) in [5, 5.41) is 4.20. The van der Waals surface area contributed by atoms with Crippen molar-refractivity contribution in [2.75, 3.05) is 17.7 Å². The molecule has 3 aromatic rings. The van der Waals surface area contributed by atoms with E-state index in [-0.39, 0.29) is 5.95 Å². The summed E-state index contributed by atoms with van der Waals surface area (Å²) in [6.07, 6.45) is 2.36. The van der Waals surface area contributed by atoms with Crippen LogP contribution in [0.1, 0.15) is 16.1 Å². The van der Waals surface area contributed by atoms with E-state index in [1.807, 2.05) is 6.26 Å². The number of anilines is 1. The van der Waals surface area contributed by atoms with Gasteiger partial charge in [0.1, 0.15) is 10.9 Å². The molecule has 0 aliphatic rings. The highest BCUT2D eigenvalue weighted by Gasteiger charge is 2.22. The topological polar surface area (TPSA) is 124 Å². The number of nitrogens with one attached hydrogen (secondary N) is 1. The number of hydrogen-bond acceptors (Lipinski definition) is 7. The first kappa shape index (κ1) is 21.6. The monoisotopic (exact) mass is 469 g/mol. The number of carbonyl (C=O) groups is 2. The fourth-order valence-corrected chi connectivity index (χ4v) is 4.60. The highest BCUT2D eigenvalue weighted by atomic mass is 35.5. The van der Waals surface area contributed by atoms with Gasteiger partial charge in [-0.3, -0.25) is 9.59 Å². The predicted molar refractivity (Wildman–Crippen MR) is 121 cm³/mol. The summed E-state index contributed by atoms with van der Waals surface area (Å²) >= 11 is 15.0. The summed E-state index contributed by atoms with van der Waals surface area (Å²) in [5.74, 6) is -0.236. The van der Waals surface area contributed by atoms with Crippen LogP contribution in [0.4, 0.5) is 5.95 Å². The molecule has 152 valence electrons. The molecule has 2 aromatic heterocycles. The standard InChI is InChI=1S/C18H17Cl2N5O2S2/c1-28-5-4-12(15(21)26)23-16(27)13-7-10-14(24-18(22)25-17(10)29-13)9-3-2-8(19)6-11(9)20/h2-3,6-7,12H,4-5H2,1H3,(H2,21,26)(H,23,27)(H2,22,24,25). The average molecular weight is 470 g/mol. The number of carbonyl (C=O) groups excluding carboxylic acids is 2. The minimum atomic E-state index is -0.749. The normalized spacial score (nSPS) is 12.1. The van der Waals surface area contributed by atoms with Crippen LogP contribution in [-0.2, 0) is 4.79 Å². The number of thioether (sulfide) groups is 1. The van der Waals surface area contributed by atoms with Crippen LogP contribution in [-0.4, -0.2) is 39.8 Å². The first-order valence-electron chi connectivity index (χ1n) is 8.41. The van der Waals surface area contributed by atoms with Gasteiger partial charge in [-0.25, -0.2) is 9.97 Å². The van der Waals surface area contributed by atoms with Crippen LogP contribution in [0.2, 0.25) is 10.0 Å². The molecule has 0 bridgehead atoms. The van der Waals surface area contributed by atoms with Crippen LogP contribution >= 0.6 is 46.3 Å². The molecule has 5 N–H and O–H groups in total. The lowest BCUT2D eigenvalue weighted by atomic mass is 10.1. The third-order valence-electron chi connectivity index (χ3n) is 4.08. The highest BCUT2D eigenvalue weighted by Crippen LogP contribution is 2.36. The smallest absolute Gasteiger partial charge is 0.262 e. The van der Waals surface area contributed by atoms with Crippen molar-refractivity contribution in [3.8, 4) is 11.3 Å². The fraction of sp³-hybridized carbons (Fsp3) is 0.222. The van der Waals surface area contributed by atoms with Crippen LogP contribution in [0.3, 0.4) is 0 Å². The van der Waals surface area contributed by atoms with Crippen LogP contribution in [0.25, 0.3) is 21.5 Å². The van der Waals surface area contributed by atoms with E-state index in [9.17, 15) is 9.59 Å². The second-order valence-corrected chi connectivity index (χ2v) is 8.95. The number of aromatic nitrogens is 2. The first-order valence-corrected chi connectivity index (χ1v) is 11.4. The molecule has 1 unspecified atom stereocenters. The summed E-state index contributed by atoms with van der Waals surface area (Å²) in [6, 6.07) is 5.93. The molecule has 0 aliphatic heterocycles. The van der Waals surface area contributed by atoms with Gasteiger partial charge in [-0.1, -0.05) is 23.2 Å². The molecule has 29 heavy (non-hydrogen) atoms. The molecule has 1 atom stereocenters. The molecule has 7 nitrogen and oxygen atoms in total. The Hall–Kier alpha value is -2.07. The molecule has 1 aromatic carbocycles. The molecule has 3 rings (SSSR count). The Labute approximate surface area is 185 Å². The quantitative estimate of drug-likeness (QED) is 0.485. The third-order valence-corrected chi connectivity index (χ3v) is 6.30. The second-order valence-electron chi connectivity index (χ2n) is 6.09. The summed E-state index contributed by atoms with van der Waals surface area (Å²) in [5.41, 5.74) is 12.4. The Kier molecular flexibility index (Phi) is 6.84. The third kappa shape index (κ3) is 4.92. The van der Waals surface area contributed by atoms with E-state index in [0.717, 1.165) is 11.3 Å². The molecule has 0 spiro atoms. The largest absolute Gasteiger partial charge is 0.368 e. The van der Waals surface area contributed by atoms with Crippen molar-refractivity contribution < 1.29 is 9.59 Å². The number of primary amides is 1. The van der Waals surface area contributed by atoms with Crippen LogP contribution in [0, 0.1) is 0 Å². The highest BCUT2D eigenvalue weighted by molar-refractivity contribution is 7.98. The van der Waals surface area contributed by atoms with Crippen LogP contribution in [0.15, 0.2) is 24.3 Å². The van der Waals surface area contributed by atoms with Gasteiger partial charge in [-0.05, 0) is 42.7 Å². The maximum atomic E-state index is 12.7. The van der Waals surface area contributed by atoms with Gasteiger partial charge in [0.25, 0.3) is 5.91 Å². The number of rotatable bonds is 7. The van der Waals surface area contributed by atoms with Gasteiger partial charge in [-0.15, -0.1) is 11.3 Å². The number of benzene rings is 1. The van der Waals surface area contributed by atoms with Crippen molar-refractivity contribution in [1.82, 2.24) is 15.3 Å². The van der Waals surface area contributed by atoms with Crippen molar-refractivity contribution in [1.29, 1.82) is 0 Å². The lowest BCUT2D eigenvalue weighted by molar-refractivity contribution is -0.119. The zero-order valence-electron chi connectivity index (χ0n) is 15.2. The lowest BCUT2D eigenvalue weighted by Crippen LogP contribution is -2.44. The predicted octanol–water partition coefficient (Wildman–Crippen LogP) is 3.58. The first-order chi connectivity index (χ1) is 13.8. The minimum absolute atomic E-state index is 0.0577. The number of nitrogens with two attached hydrogens (primary N) is 2. The average Bonchev–Trinajstić information content (AvgIpc) is 3.08. The molecule has 0 fully saturated rings. The van der Waals surface area contributed by atoms with Crippen LogP contribution < -0.4 is 16.8 Å². The van der Waals surface area contributed by atoms with Gasteiger partial charge >= 0.3 is 0 Å². The number of nitrogen functional groups attached to an aromatic ring is 1. The van der Waals surface area contributed by atoms with Gasteiger partial charge in [-0.2, -0.15) is 11.8 Å². The Morgan fingerprint density at radius 1 is 1.28 bits per heavy atom. The minimum Gasteiger partial charge on any atom is -0.368 e. The van der Waals surface area contributed by atoms with Crippen molar-refractivity contribution in [3.05, 3.63) is 39.2 Å². The number of thiophene rings is 1. The van der Waals surface area contributed by atoms with Gasteiger partial charge in [0, 0.05) is 16.0 Å². The SMILES string of the molecule is CSCCC(NC(=O)c1cc2c(-c3ccc(Cl)cc3Cl)nc(N)nc2s1)C(N)=O. The molecular weight excluding hydrogens is 453 g/mol. The van der Waals surface area contributed by atoms with Gasteiger partial charge < -0.3 is 16.8 Å². The second kappa shape index (κ2) is 9.17. The summed E-state index contributed by atoms with van der Waals surface area (Å²) in [4.78, 5) is 33.7. The number of nitrogens with zero attached hydrogens (tertiary/aromatic N) is 2. The molecule has 0 saturated heterocycles. The van der Waals surface area contributed by atoms with Crippen LogP contribution in [0.5, 0.6) is 0 Å². The summed E-state index contributed by atoms with van der Waals surface area (Å²) < 4.78 is 0. The number of amides is 2. The van der Waals surface area contributed by atoms with Crippen molar-refractivity contribution in [3.63, 3.8) is 0 Å². The van der Waals surface area contributed by atoms with Crippen molar-refractivity contribution in [2.45, 2.75) is 12.5 Å². The van der Waals surface area contributed by atoms with Gasteiger partial charge in [0.2, 0.25) is 11.9 Å². The summed E-state index contributed by atoms with van der Waals surface area (Å²) in [7, 11) is 0. The zero-order valence-corrected chi connectivity index (χ0v) is 18.4. The van der Waals surface area contributed by atoms with E-state index >= 15 is 0 Å². The zero-order chi connectivity index (χ0) is 21.1.